The first-order valence-electron chi connectivity index (χ1n) is 7.71. The summed E-state index contributed by atoms with van der Waals surface area (Å²) in [5.74, 6) is 1.34. The molecule has 0 fully saturated rings. The molecule has 1 unspecified atom stereocenters. The summed E-state index contributed by atoms with van der Waals surface area (Å²) >= 11 is 0. The van der Waals surface area contributed by atoms with Crippen molar-refractivity contribution in [3.05, 3.63) is 53.6 Å². The summed E-state index contributed by atoms with van der Waals surface area (Å²) in [5.41, 5.74) is 3.02. The van der Waals surface area contributed by atoms with Gasteiger partial charge < -0.3 is 20.1 Å². The van der Waals surface area contributed by atoms with Crippen LogP contribution in [0.3, 0.4) is 0 Å². The van der Waals surface area contributed by atoms with Gasteiger partial charge in [0.1, 0.15) is 0 Å². The molecule has 23 heavy (non-hydrogen) atoms. The van der Waals surface area contributed by atoms with Gasteiger partial charge in [-0.2, -0.15) is 0 Å². The van der Waals surface area contributed by atoms with E-state index in [4.69, 9.17) is 9.47 Å². The average molecular weight is 312 g/mol. The molecular weight excluding hydrogens is 292 g/mol. The molecule has 0 aliphatic carbocycles. The first-order chi connectivity index (χ1) is 11.2. The Morgan fingerprint density at radius 3 is 2.61 bits per heavy atom. The Bertz CT molecular complexity index is 698. The summed E-state index contributed by atoms with van der Waals surface area (Å²) in [6, 6.07) is 13.3. The fourth-order valence-electron chi connectivity index (χ4n) is 2.46. The quantitative estimate of drug-likeness (QED) is 0.901. The second-order valence-electron chi connectivity index (χ2n) is 5.48. The number of hydrogen-bond acceptors (Lipinski definition) is 3. The number of aryl methyl sites for hydroxylation is 1. The van der Waals surface area contributed by atoms with Crippen LogP contribution in [0.2, 0.25) is 0 Å². The van der Waals surface area contributed by atoms with E-state index in [1.54, 1.807) is 18.2 Å². The number of ether oxygens (including phenoxy) is 2. The standard InChI is InChI=1S/C18H20N2O3/c1-3-13-4-6-14(7-5-13)12(2)19-18(21)20-15-8-9-16-17(10-15)23-11-22-16/h4-10,12H,3,11H2,1-2H3,(H2,19,20,21). The maximum absolute atomic E-state index is 12.1. The highest BCUT2D eigenvalue weighted by molar-refractivity contribution is 5.90. The summed E-state index contributed by atoms with van der Waals surface area (Å²) in [6.45, 7) is 4.30. The van der Waals surface area contributed by atoms with Crippen molar-refractivity contribution < 1.29 is 14.3 Å². The maximum atomic E-state index is 12.1. The third-order valence-corrected chi connectivity index (χ3v) is 3.87. The number of hydrogen-bond donors (Lipinski definition) is 2. The molecule has 5 nitrogen and oxygen atoms in total. The number of anilines is 1. The minimum Gasteiger partial charge on any atom is -0.454 e. The van der Waals surface area contributed by atoms with Crippen molar-refractivity contribution in [1.82, 2.24) is 5.32 Å². The van der Waals surface area contributed by atoms with E-state index in [2.05, 4.69) is 29.7 Å². The molecule has 0 radical (unpaired) electrons. The molecule has 0 saturated heterocycles. The first-order valence-corrected chi connectivity index (χ1v) is 7.71. The Morgan fingerprint density at radius 2 is 1.87 bits per heavy atom. The van der Waals surface area contributed by atoms with Crippen LogP contribution in [0.4, 0.5) is 10.5 Å². The van der Waals surface area contributed by atoms with Crippen molar-refractivity contribution in [3.63, 3.8) is 0 Å². The average Bonchev–Trinajstić information content (AvgIpc) is 3.02. The summed E-state index contributed by atoms with van der Waals surface area (Å²) < 4.78 is 10.5. The topological polar surface area (TPSA) is 59.6 Å². The zero-order chi connectivity index (χ0) is 16.2. The van der Waals surface area contributed by atoms with E-state index < -0.39 is 0 Å². The summed E-state index contributed by atoms with van der Waals surface area (Å²) in [6.07, 6.45) is 1.01. The lowest BCUT2D eigenvalue weighted by molar-refractivity contribution is 0.174. The van der Waals surface area contributed by atoms with E-state index in [-0.39, 0.29) is 18.9 Å². The largest absolute Gasteiger partial charge is 0.454 e. The van der Waals surface area contributed by atoms with Crippen molar-refractivity contribution >= 4 is 11.7 Å². The molecule has 3 rings (SSSR count). The van der Waals surface area contributed by atoms with Gasteiger partial charge in [0.15, 0.2) is 11.5 Å². The minimum atomic E-state index is -0.254. The lowest BCUT2D eigenvalue weighted by atomic mass is 10.1. The Hall–Kier alpha value is -2.69. The molecule has 1 aliphatic heterocycles. The fraction of sp³-hybridized carbons (Fsp3) is 0.278. The van der Waals surface area contributed by atoms with Crippen LogP contribution in [-0.2, 0) is 6.42 Å². The first kappa shape index (κ1) is 15.2. The van der Waals surface area contributed by atoms with Crippen molar-refractivity contribution in [2.75, 3.05) is 12.1 Å². The zero-order valence-corrected chi connectivity index (χ0v) is 13.3. The van der Waals surface area contributed by atoms with Crippen LogP contribution in [0.5, 0.6) is 11.5 Å². The molecule has 2 N–H and O–H groups in total. The number of amides is 2. The number of benzene rings is 2. The number of fused-ring (bicyclic) bond motifs is 1. The Labute approximate surface area is 135 Å². The Balaban J connectivity index is 1.60. The molecule has 1 atom stereocenters. The normalized spacial score (nSPS) is 13.5. The van der Waals surface area contributed by atoms with Crippen molar-refractivity contribution in [2.45, 2.75) is 26.3 Å². The molecule has 5 heteroatoms. The van der Waals surface area contributed by atoms with Gasteiger partial charge in [-0.25, -0.2) is 4.79 Å². The highest BCUT2D eigenvalue weighted by Crippen LogP contribution is 2.34. The van der Waals surface area contributed by atoms with Gasteiger partial charge in [0.25, 0.3) is 0 Å². The van der Waals surface area contributed by atoms with Gasteiger partial charge in [0, 0.05) is 11.8 Å². The number of carbonyl (C=O) groups excluding carboxylic acids is 1. The van der Waals surface area contributed by atoms with Gasteiger partial charge in [0.2, 0.25) is 6.79 Å². The molecule has 0 saturated carbocycles. The number of urea groups is 1. The van der Waals surface area contributed by atoms with Gasteiger partial charge in [0.05, 0.1) is 6.04 Å². The second kappa shape index (κ2) is 6.60. The highest BCUT2D eigenvalue weighted by Gasteiger charge is 2.15. The lowest BCUT2D eigenvalue weighted by Gasteiger charge is -2.15. The van der Waals surface area contributed by atoms with Crippen molar-refractivity contribution in [2.24, 2.45) is 0 Å². The SMILES string of the molecule is CCc1ccc(C(C)NC(=O)Nc2ccc3c(c2)OCO3)cc1. The van der Waals surface area contributed by atoms with E-state index >= 15 is 0 Å². The van der Waals surface area contributed by atoms with Crippen LogP contribution >= 0.6 is 0 Å². The van der Waals surface area contributed by atoms with Crippen LogP contribution < -0.4 is 20.1 Å². The van der Waals surface area contributed by atoms with Gasteiger partial charge in [-0.3, -0.25) is 0 Å². The van der Waals surface area contributed by atoms with Gasteiger partial charge >= 0.3 is 6.03 Å². The molecule has 2 aromatic rings. The van der Waals surface area contributed by atoms with Gasteiger partial charge in [-0.1, -0.05) is 31.2 Å². The molecule has 0 spiro atoms. The third-order valence-electron chi connectivity index (χ3n) is 3.87. The van der Waals surface area contributed by atoms with E-state index in [0.29, 0.717) is 17.2 Å². The lowest BCUT2D eigenvalue weighted by Crippen LogP contribution is -2.31. The van der Waals surface area contributed by atoms with E-state index in [0.717, 1.165) is 12.0 Å². The molecule has 0 bridgehead atoms. The predicted octanol–water partition coefficient (Wildman–Crippen LogP) is 3.86. The molecule has 0 aromatic heterocycles. The van der Waals surface area contributed by atoms with E-state index in [1.165, 1.54) is 5.56 Å². The van der Waals surface area contributed by atoms with Crippen LogP contribution in [0.1, 0.15) is 31.0 Å². The fourth-order valence-corrected chi connectivity index (χ4v) is 2.46. The van der Waals surface area contributed by atoms with E-state index in [1.807, 2.05) is 19.1 Å². The monoisotopic (exact) mass is 312 g/mol. The number of carbonyl (C=O) groups is 1. The van der Waals surface area contributed by atoms with Crippen LogP contribution in [0, 0.1) is 0 Å². The van der Waals surface area contributed by atoms with Crippen molar-refractivity contribution in [3.8, 4) is 11.5 Å². The molecule has 120 valence electrons. The number of nitrogens with one attached hydrogen (secondary N) is 2. The second-order valence-corrected chi connectivity index (χ2v) is 5.48. The van der Waals surface area contributed by atoms with E-state index in [9.17, 15) is 4.79 Å². The Kier molecular flexibility index (Phi) is 4.37. The predicted molar refractivity (Wildman–Crippen MR) is 89.0 cm³/mol. The van der Waals surface area contributed by atoms with Gasteiger partial charge in [-0.05, 0) is 36.6 Å². The summed E-state index contributed by atoms with van der Waals surface area (Å²) in [4.78, 5) is 12.1. The smallest absolute Gasteiger partial charge is 0.319 e. The van der Waals surface area contributed by atoms with Gasteiger partial charge in [-0.15, -0.1) is 0 Å². The molecule has 2 amide bonds. The Morgan fingerprint density at radius 1 is 1.13 bits per heavy atom. The molecular formula is C18H20N2O3. The van der Waals surface area contributed by atoms with Crippen LogP contribution in [0.15, 0.2) is 42.5 Å². The van der Waals surface area contributed by atoms with Crippen molar-refractivity contribution in [1.29, 1.82) is 0 Å². The van der Waals surface area contributed by atoms with Crippen LogP contribution in [-0.4, -0.2) is 12.8 Å². The summed E-state index contributed by atoms with van der Waals surface area (Å²) in [5, 5.41) is 5.74. The highest BCUT2D eigenvalue weighted by atomic mass is 16.7. The molecule has 2 aromatic carbocycles. The van der Waals surface area contributed by atoms with Crippen LogP contribution in [0.25, 0.3) is 0 Å². The third kappa shape index (κ3) is 3.56. The maximum Gasteiger partial charge on any atom is 0.319 e. The molecule has 1 heterocycles. The number of rotatable bonds is 4. The minimum absolute atomic E-state index is 0.0742. The zero-order valence-electron chi connectivity index (χ0n) is 13.3. The molecule has 1 aliphatic rings. The summed E-state index contributed by atoms with van der Waals surface area (Å²) in [7, 11) is 0.